The molecule has 2 aromatic carbocycles. The fraction of sp³-hybridized carbons (Fsp3) is 0.0714. The SMILES string of the molecule is Cc1cccc(Nc2ccc([N+](=O)[O-])cc2NC(N)=S)c1. The third kappa shape index (κ3) is 3.90. The number of hydrogen-bond donors (Lipinski definition) is 3. The molecule has 0 aromatic heterocycles. The first kappa shape index (κ1) is 14.7. The van der Waals surface area contributed by atoms with E-state index in [9.17, 15) is 10.1 Å². The van der Waals surface area contributed by atoms with E-state index in [0.29, 0.717) is 11.4 Å². The molecule has 6 nitrogen and oxygen atoms in total. The zero-order valence-corrected chi connectivity index (χ0v) is 12.1. The van der Waals surface area contributed by atoms with Gasteiger partial charge in [0.2, 0.25) is 0 Å². The lowest BCUT2D eigenvalue weighted by molar-refractivity contribution is -0.384. The Morgan fingerprint density at radius 2 is 2.00 bits per heavy atom. The van der Waals surface area contributed by atoms with Crippen LogP contribution in [0.3, 0.4) is 0 Å². The van der Waals surface area contributed by atoms with Crippen molar-refractivity contribution in [2.24, 2.45) is 5.73 Å². The number of nitrogens with zero attached hydrogens (tertiary/aromatic N) is 1. The summed E-state index contributed by atoms with van der Waals surface area (Å²) in [6, 6.07) is 12.2. The molecule has 7 heteroatoms. The summed E-state index contributed by atoms with van der Waals surface area (Å²) in [6.45, 7) is 1.98. The third-order valence-electron chi connectivity index (χ3n) is 2.77. The Morgan fingerprint density at radius 3 is 2.62 bits per heavy atom. The monoisotopic (exact) mass is 302 g/mol. The van der Waals surface area contributed by atoms with Gasteiger partial charge in [-0.15, -0.1) is 0 Å². The van der Waals surface area contributed by atoms with Crippen molar-refractivity contribution in [1.82, 2.24) is 0 Å². The molecule has 21 heavy (non-hydrogen) atoms. The second-order valence-corrected chi connectivity index (χ2v) is 4.91. The van der Waals surface area contributed by atoms with Crippen molar-refractivity contribution in [3.05, 3.63) is 58.1 Å². The molecule has 0 fully saturated rings. The molecular formula is C14H14N4O2S. The molecule has 0 atom stereocenters. The number of rotatable bonds is 4. The number of nitro benzene ring substituents is 1. The van der Waals surface area contributed by atoms with E-state index < -0.39 is 4.92 Å². The Hall–Kier alpha value is -2.67. The molecule has 0 saturated carbocycles. The first-order valence-electron chi connectivity index (χ1n) is 6.14. The van der Waals surface area contributed by atoms with Crippen LogP contribution in [0.5, 0.6) is 0 Å². The maximum absolute atomic E-state index is 10.8. The summed E-state index contributed by atoms with van der Waals surface area (Å²) in [5, 5.41) is 16.8. The Balaban J connectivity index is 2.37. The van der Waals surface area contributed by atoms with Crippen molar-refractivity contribution in [3.8, 4) is 0 Å². The molecule has 2 rings (SSSR count). The van der Waals surface area contributed by atoms with Gasteiger partial charge in [-0.2, -0.15) is 0 Å². The summed E-state index contributed by atoms with van der Waals surface area (Å²) in [4.78, 5) is 10.4. The van der Waals surface area contributed by atoms with Gasteiger partial charge in [-0.3, -0.25) is 10.1 Å². The highest BCUT2D eigenvalue weighted by atomic mass is 32.1. The summed E-state index contributed by atoms with van der Waals surface area (Å²) in [7, 11) is 0. The van der Waals surface area contributed by atoms with Crippen molar-refractivity contribution in [3.63, 3.8) is 0 Å². The minimum atomic E-state index is -0.471. The van der Waals surface area contributed by atoms with Crippen LogP contribution in [-0.4, -0.2) is 10.0 Å². The summed E-state index contributed by atoms with van der Waals surface area (Å²) in [5.74, 6) is 0. The zero-order valence-electron chi connectivity index (χ0n) is 11.3. The van der Waals surface area contributed by atoms with Crippen molar-refractivity contribution in [2.45, 2.75) is 6.92 Å². The van der Waals surface area contributed by atoms with E-state index in [2.05, 4.69) is 10.6 Å². The van der Waals surface area contributed by atoms with Crippen LogP contribution in [0, 0.1) is 17.0 Å². The summed E-state index contributed by atoms with van der Waals surface area (Å²) in [6.07, 6.45) is 0. The van der Waals surface area contributed by atoms with Gasteiger partial charge in [-0.25, -0.2) is 0 Å². The van der Waals surface area contributed by atoms with Crippen LogP contribution < -0.4 is 16.4 Å². The van der Waals surface area contributed by atoms with E-state index in [1.54, 1.807) is 6.07 Å². The topological polar surface area (TPSA) is 93.2 Å². The smallest absolute Gasteiger partial charge is 0.271 e. The molecule has 0 aliphatic rings. The lowest BCUT2D eigenvalue weighted by Gasteiger charge is -2.13. The third-order valence-corrected chi connectivity index (χ3v) is 2.87. The van der Waals surface area contributed by atoms with Crippen LogP contribution in [0.1, 0.15) is 5.56 Å². The van der Waals surface area contributed by atoms with Crippen LogP contribution in [0.2, 0.25) is 0 Å². The number of aryl methyl sites for hydroxylation is 1. The highest BCUT2D eigenvalue weighted by Crippen LogP contribution is 2.29. The number of benzene rings is 2. The van der Waals surface area contributed by atoms with E-state index in [4.69, 9.17) is 18.0 Å². The van der Waals surface area contributed by atoms with Gasteiger partial charge in [0.1, 0.15) is 0 Å². The predicted molar refractivity (Wildman–Crippen MR) is 88.0 cm³/mol. The van der Waals surface area contributed by atoms with Gasteiger partial charge in [-0.1, -0.05) is 12.1 Å². The molecule has 0 amide bonds. The molecule has 2 aromatic rings. The number of nitro groups is 1. The molecule has 108 valence electrons. The van der Waals surface area contributed by atoms with Gasteiger partial charge in [0.05, 0.1) is 16.3 Å². The first-order valence-corrected chi connectivity index (χ1v) is 6.55. The van der Waals surface area contributed by atoms with Crippen LogP contribution in [-0.2, 0) is 0 Å². The second-order valence-electron chi connectivity index (χ2n) is 4.47. The predicted octanol–water partition coefficient (Wildman–Crippen LogP) is 3.30. The average molecular weight is 302 g/mol. The average Bonchev–Trinajstić information content (AvgIpc) is 2.40. The van der Waals surface area contributed by atoms with Crippen LogP contribution in [0.25, 0.3) is 0 Å². The van der Waals surface area contributed by atoms with Crippen molar-refractivity contribution >= 4 is 40.1 Å². The molecule has 0 aliphatic carbocycles. The van der Waals surface area contributed by atoms with Crippen molar-refractivity contribution < 1.29 is 4.92 Å². The Morgan fingerprint density at radius 1 is 1.24 bits per heavy atom. The number of anilines is 3. The Kier molecular flexibility index (Phi) is 4.34. The summed E-state index contributed by atoms with van der Waals surface area (Å²) in [5.41, 5.74) is 8.50. The zero-order chi connectivity index (χ0) is 15.4. The fourth-order valence-corrected chi connectivity index (χ4v) is 1.98. The number of hydrogen-bond acceptors (Lipinski definition) is 4. The second kappa shape index (κ2) is 6.19. The van der Waals surface area contributed by atoms with Crippen LogP contribution in [0.4, 0.5) is 22.7 Å². The van der Waals surface area contributed by atoms with Crippen LogP contribution >= 0.6 is 12.2 Å². The summed E-state index contributed by atoms with van der Waals surface area (Å²) >= 11 is 4.80. The van der Waals surface area contributed by atoms with Gasteiger partial charge in [0, 0.05) is 17.8 Å². The first-order chi connectivity index (χ1) is 9.95. The quantitative estimate of drug-likeness (QED) is 0.456. The van der Waals surface area contributed by atoms with E-state index in [1.165, 1.54) is 12.1 Å². The lowest BCUT2D eigenvalue weighted by atomic mass is 10.2. The van der Waals surface area contributed by atoms with Gasteiger partial charge in [-0.05, 0) is 42.9 Å². The number of non-ortho nitro benzene ring substituents is 1. The molecule has 4 N–H and O–H groups in total. The molecule has 0 spiro atoms. The van der Waals surface area contributed by atoms with Gasteiger partial charge < -0.3 is 16.4 Å². The minimum absolute atomic E-state index is 0.0384. The van der Waals surface area contributed by atoms with Crippen LogP contribution in [0.15, 0.2) is 42.5 Å². The van der Waals surface area contributed by atoms with E-state index >= 15 is 0 Å². The number of nitrogens with two attached hydrogens (primary N) is 1. The standard InChI is InChI=1S/C14H14N4O2S/c1-9-3-2-4-10(7-9)16-12-6-5-11(18(19)20)8-13(12)17-14(15)21/h2-8,16H,1H3,(H3,15,17,21). The molecule has 0 bridgehead atoms. The molecule has 0 heterocycles. The van der Waals surface area contributed by atoms with Gasteiger partial charge >= 0.3 is 0 Å². The van der Waals surface area contributed by atoms with Crippen molar-refractivity contribution in [1.29, 1.82) is 0 Å². The molecule has 0 radical (unpaired) electrons. The van der Waals surface area contributed by atoms with E-state index in [-0.39, 0.29) is 10.8 Å². The highest BCUT2D eigenvalue weighted by molar-refractivity contribution is 7.80. The minimum Gasteiger partial charge on any atom is -0.376 e. The normalized spacial score (nSPS) is 9.95. The molecule has 0 unspecified atom stereocenters. The maximum Gasteiger partial charge on any atom is 0.271 e. The largest absolute Gasteiger partial charge is 0.376 e. The summed E-state index contributed by atoms with van der Waals surface area (Å²) < 4.78 is 0. The van der Waals surface area contributed by atoms with Gasteiger partial charge in [0.25, 0.3) is 5.69 Å². The highest BCUT2D eigenvalue weighted by Gasteiger charge is 2.11. The van der Waals surface area contributed by atoms with E-state index in [0.717, 1.165) is 11.3 Å². The maximum atomic E-state index is 10.8. The van der Waals surface area contributed by atoms with Gasteiger partial charge in [0.15, 0.2) is 5.11 Å². The lowest BCUT2D eigenvalue weighted by Crippen LogP contribution is -2.19. The fourth-order valence-electron chi connectivity index (χ4n) is 1.87. The number of nitrogens with one attached hydrogen (secondary N) is 2. The molecule has 0 aliphatic heterocycles. The molecular weight excluding hydrogens is 288 g/mol. The Labute approximate surface area is 127 Å². The molecule has 0 saturated heterocycles. The number of thiocarbonyl (C=S) groups is 1. The van der Waals surface area contributed by atoms with E-state index in [1.807, 2.05) is 31.2 Å². The van der Waals surface area contributed by atoms with Crippen molar-refractivity contribution in [2.75, 3.05) is 10.6 Å². The Bertz CT molecular complexity index is 703.